The fraction of sp³-hybridized carbons (Fsp3) is 0.538. The molecule has 0 radical (unpaired) electrons. The van der Waals surface area contributed by atoms with Gasteiger partial charge in [-0.15, -0.1) is 0 Å². The summed E-state index contributed by atoms with van der Waals surface area (Å²) in [6.45, 7) is 3.12. The molecule has 1 atom stereocenters. The number of methoxy groups -OCH3 is 1. The molecule has 2 heterocycles. The minimum atomic E-state index is -0.254. The van der Waals surface area contributed by atoms with Crippen LogP contribution < -0.4 is 0 Å². The molecule has 4 nitrogen and oxygen atoms in total. The molecule has 2 rings (SSSR count). The maximum atomic E-state index is 11.9. The van der Waals surface area contributed by atoms with E-state index in [1.807, 2.05) is 25.3 Å². The van der Waals surface area contributed by atoms with Crippen molar-refractivity contribution in [3.05, 3.63) is 30.1 Å². The Kier molecular flexibility index (Phi) is 3.43. The van der Waals surface area contributed by atoms with Gasteiger partial charge >= 0.3 is 5.97 Å². The van der Waals surface area contributed by atoms with Crippen molar-refractivity contribution >= 4 is 5.97 Å². The van der Waals surface area contributed by atoms with Gasteiger partial charge in [0.25, 0.3) is 0 Å². The van der Waals surface area contributed by atoms with Crippen molar-refractivity contribution in [1.29, 1.82) is 0 Å². The Morgan fingerprint density at radius 1 is 1.65 bits per heavy atom. The number of nitrogens with zero attached hydrogens (tertiary/aromatic N) is 1. The molecular formula is C13H17NO3. The zero-order chi connectivity index (χ0) is 12.3. The van der Waals surface area contributed by atoms with E-state index in [2.05, 4.69) is 4.98 Å². The maximum absolute atomic E-state index is 11.9. The highest BCUT2D eigenvalue weighted by molar-refractivity contribution is 5.75. The molecule has 17 heavy (non-hydrogen) atoms. The zero-order valence-corrected chi connectivity index (χ0v) is 10.2. The van der Waals surface area contributed by atoms with Crippen molar-refractivity contribution in [2.75, 3.05) is 20.3 Å². The van der Waals surface area contributed by atoms with Gasteiger partial charge in [-0.2, -0.15) is 0 Å². The molecule has 4 heteroatoms. The molecule has 1 unspecified atom stereocenters. The second-order valence-corrected chi connectivity index (χ2v) is 4.37. The van der Waals surface area contributed by atoms with E-state index in [9.17, 15) is 4.79 Å². The monoisotopic (exact) mass is 235 g/mol. The van der Waals surface area contributed by atoms with Crippen molar-refractivity contribution in [2.45, 2.75) is 18.8 Å². The lowest BCUT2D eigenvalue weighted by atomic mass is 9.68. The Morgan fingerprint density at radius 2 is 2.41 bits per heavy atom. The largest absolute Gasteiger partial charge is 0.469 e. The maximum Gasteiger partial charge on any atom is 0.309 e. The molecule has 1 aliphatic rings. The predicted molar refractivity (Wildman–Crippen MR) is 62.5 cm³/mol. The molecule has 0 aromatic carbocycles. The Hall–Kier alpha value is -1.42. The third-order valence-corrected chi connectivity index (χ3v) is 3.52. The van der Waals surface area contributed by atoms with Crippen molar-refractivity contribution in [1.82, 2.24) is 4.98 Å². The first-order valence-corrected chi connectivity index (χ1v) is 5.80. The highest BCUT2D eigenvalue weighted by atomic mass is 16.5. The van der Waals surface area contributed by atoms with Gasteiger partial charge in [-0.1, -0.05) is 13.0 Å². The standard InChI is InChI=1S/C13H17NO3/c1-3-11(12(15)16-2)13(8-17-9-13)10-5-4-6-14-7-10/h4-7,11H,3,8-9H2,1-2H3. The molecule has 0 aliphatic carbocycles. The van der Waals surface area contributed by atoms with Crippen LogP contribution in [0.1, 0.15) is 18.9 Å². The fourth-order valence-corrected chi connectivity index (χ4v) is 2.47. The zero-order valence-electron chi connectivity index (χ0n) is 10.2. The lowest BCUT2D eigenvalue weighted by Crippen LogP contribution is -2.55. The van der Waals surface area contributed by atoms with Gasteiger partial charge in [0.05, 0.1) is 31.7 Å². The highest BCUT2D eigenvalue weighted by Gasteiger charge is 2.50. The van der Waals surface area contributed by atoms with Gasteiger partial charge < -0.3 is 9.47 Å². The van der Waals surface area contributed by atoms with Gasteiger partial charge in [0.15, 0.2) is 0 Å². The summed E-state index contributed by atoms with van der Waals surface area (Å²) >= 11 is 0. The van der Waals surface area contributed by atoms with Gasteiger partial charge in [-0.25, -0.2) is 0 Å². The van der Waals surface area contributed by atoms with Crippen LogP contribution in [0.5, 0.6) is 0 Å². The summed E-state index contributed by atoms with van der Waals surface area (Å²) in [6, 6.07) is 3.89. The first-order valence-electron chi connectivity index (χ1n) is 5.80. The van der Waals surface area contributed by atoms with Crippen LogP contribution in [-0.2, 0) is 19.7 Å². The number of ether oxygens (including phenoxy) is 2. The van der Waals surface area contributed by atoms with E-state index < -0.39 is 0 Å². The molecule has 0 spiro atoms. The quantitative estimate of drug-likeness (QED) is 0.743. The molecule has 1 aliphatic heterocycles. The highest BCUT2D eigenvalue weighted by Crippen LogP contribution is 2.41. The summed E-state index contributed by atoms with van der Waals surface area (Å²) < 4.78 is 10.2. The van der Waals surface area contributed by atoms with Gasteiger partial charge in [0, 0.05) is 12.4 Å². The normalized spacial score (nSPS) is 19.2. The topological polar surface area (TPSA) is 48.4 Å². The summed E-state index contributed by atoms with van der Waals surface area (Å²) in [5.74, 6) is -0.329. The number of rotatable bonds is 4. The van der Waals surface area contributed by atoms with Gasteiger partial charge in [0.1, 0.15) is 0 Å². The summed E-state index contributed by atoms with van der Waals surface area (Å²) in [4.78, 5) is 16.0. The number of hydrogen-bond acceptors (Lipinski definition) is 4. The van der Waals surface area contributed by atoms with E-state index in [0.717, 1.165) is 12.0 Å². The number of carbonyl (C=O) groups excluding carboxylic acids is 1. The molecule has 1 saturated heterocycles. The van der Waals surface area contributed by atoms with Crippen LogP contribution in [0.2, 0.25) is 0 Å². The van der Waals surface area contributed by atoms with Gasteiger partial charge in [-0.3, -0.25) is 9.78 Å². The van der Waals surface area contributed by atoms with Crippen molar-refractivity contribution in [2.24, 2.45) is 5.92 Å². The minimum Gasteiger partial charge on any atom is -0.469 e. The van der Waals surface area contributed by atoms with Gasteiger partial charge in [0.2, 0.25) is 0 Å². The van der Waals surface area contributed by atoms with Crippen LogP contribution in [-0.4, -0.2) is 31.3 Å². The molecule has 0 N–H and O–H groups in total. The van der Waals surface area contributed by atoms with Crippen LogP contribution in [0.3, 0.4) is 0 Å². The number of esters is 1. The van der Waals surface area contributed by atoms with Crippen LogP contribution in [0.4, 0.5) is 0 Å². The molecular weight excluding hydrogens is 218 g/mol. The van der Waals surface area contributed by atoms with Crippen molar-refractivity contribution in [3.63, 3.8) is 0 Å². The molecule has 0 bridgehead atoms. The van der Waals surface area contributed by atoms with E-state index in [1.165, 1.54) is 7.11 Å². The summed E-state index contributed by atoms with van der Waals surface area (Å²) in [5, 5.41) is 0. The number of carbonyl (C=O) groups is 1. The molecule has 0 amide bonds. The van der Waals surface area contributed by atoms with E-state index in [1.54, 1.807) is 6.20 Å². The molecule has 1 aromatic heterocycles. The van der Waals surface area contributed by atoms with Crippen LogP contribution in [0, 0.1) is 5.92 Å². The first kappa shape index (κ1) is 12.0. The second-order valence-electron chi connectivity index (χ2n) is 4.37. The van der Waals surface area contributed by atoms with Crippen LogP contribution in [0.25, 0.3) is 0 Å². The lowest BCUT2D eigenvalue weighted by molar-refractivity contribution is -0.160. The van der Waals surface area contributed by atoms with E-state index >= 15 is 0 Å². The third kappa shape index (κ3) is 1.93. The number of hydrogen-bond donors (Lipinski definition) is 0. The van der Waals surface area contributed by atoms with E-state index in [4.69, 9.17) is 9.47 Å². The Bertz CT molecular complexity index is 387. The summed E-state index contributed by atoms with van der Waals surface area (Å²) in [7, 11) is 1.43. The smallest absolute Gasteiger partial charge is 0.309 e. The fourth-order valence-electron chi connectivity index (χ4n) is 2.47. The average molecular weight is 235 g/mol. The molecule has 1 fully saturated rings. The first-order chi connectivity index (χ1) is 8.24. The number of pyridine rings is 1. The van der Waals surface area contributed by atoms with Gasteiger partial charge in [-0.05, 0) is 18.1 Å². The lowest BCUT2D eigenvalue weighted by Gasteiger charge is -2.45. The molecule has 1 aromatic rings. The predicted octanol–water partition coefficient (Wildman–Crippen LogP) is 1.55. The van der Waals surface area contributed by atoms with Crippen molar-refractivity contribution < 1.29 is 14.3 Å². The molecule has 92 valence electrons. The summed E-state index contributed by atoms with van der Waals surface area (Å²) in [6.07, 6.45) is 4.29. The Balaban J connectivity index is 2.34. The average Bonchev–Trinajstić information content (AvgIpc) is 2.33. The number of aromatic nitrogens is 1. The minimum absolute atomic E-state index is 0.162. The Morgan fingerprint density at radius 3 is 2.82 bits per heavy atom. The van der Waals surface area contributed by atoms with E-state index in [0.29, 0.717) is 13.2 Å². The van der Waals surface area contributed by atoms with Crippen LogP contribution in [0.15, 0.2) is 24.5 Å². The third-order valence-electron chi connectivity index (χ3n) is 3.52. The van der Waals surface area contributed by atoms with Crippen LogP contribution >= 0.6 is 0 Å². The second kappa shape index (κ2) is 4.84. The summed E-state index contributed by atoms with van der Waals surface area (Å²) in [5.41, 5.74) is 0.805. The van der Waals surface area contributed by atoms with E-state index in [-0.39, 0.29) is 17.3 Å². The molecule has 0 saturated carbocycles. The van der Waals surface area contributed by atoms with Crippen molar-refractivity contribution in [3.8, 4) is 0 Å². The Labute approximate surface area is 101 Å². The SMILES string of the molecule is CCC(C(=O)OC)C1(c2cccnc2)COC1.